The SMILES string of the molecule is Cc1[nH]ncc1Cc1ccnc(C(=O)Nc2cn(C)nc2-c2ccccn2)n1.Cn1cc(NC(=O)c2nccc(Cc3ccn[nH]3)n2)c(-c2ccccn2)n1.O=C(Nc1cn(C(CO)CO)nc1-c1ccccn1)c1cccc(-c2cn[nH]c2)n1. The van der Waals surface area contributed by atoms with Crippen LogP contribution in [0.5, 0.6) is 0 Å². The number of hydrogen-bond donors (Lipinski definition) is 8. The van der Waals surface area contributed by atoms with Gasteiger partial charge in [-0.05, 0) is 79.2 Å². The first-order valence-corrected chi connectivity index (χ1v) is 26.1. The quantitative estimate of drug-likeness (QED) is 0.0558. The van der Waals surface area contributed by atoms with E-state index in [4.69, 9.17) is 0 Å². The second-order valence-electron chi connectivity index (χ2n) is 18.6. The molecule has 0 spiro atoms. The lowest BCUT2D eigenvalue weighted by atomic mass is 10.1. The van der Waals surface area contributed by atoms with E-state index < -0.39 is 23.8 Å². The summed E-state index contributed by atoms with van der Waals surface area (Å²) >= 11 is 0. The average Bonchev–Trinajstić information content (AvgIpc) is 4.37. The molecule has 0 aliphatic rings. The fraction of sp³-hybridized carbons (Fsp3) is 0.140. The number of nitrogens with one attached hydrogen (secondary N) is 6. The summed E-state index contributed by atoms with van der Waals surface area (Å²) in [5, 5.41) is 60.9. The van der Waals surface area contributed by atoms with E-state index in [-0.39, 0.29) is 30.6 Å². The van der Waals surface area contributed by atoms with E-state index in [1.165, 1.54) is 4.68 Å². The highest BCUT2D eigenvalue weighted by Crippen LogP contribution is 2.29. The molecule has 0 bridgehead atoms. The highest BCUT2D eigenvalue weighted by Gasteiger charge is 2.22. The highest BCUT2D eigenvalue weighted by atomic mass is 16.3. The first-order chi connectivity index (χ1) is 41.5. The molecule has 0 radical (unpaired) electrons. The molecule has 12 rings (SSSR count). The maximum Gasteiger partial charge on any atom is 0.293 e. The number of nitrogens with zero attached hydrogens (tertiary/aromatic N) is 17. The molecule has 426 valence electrons. The number of anilines is 3. The van der Waals surface area contributed by atoms with Gasteiger partial charge in [0.2, 0.25) is 11.6 Å². The van der Waals surface area contributed by atoms with Crippen LogP contribution in [0.25, 0.3) is 45.4 Å². The number of hydrogen-bond acceptors (Lipinski definition) is 19. The lowest BCUT2D eigenvalue weighted by Gasteiger charge is -2.10. The van der Waals surface area contributed by atoms with Crippen molar-refractivity contribution in [3.8, 4) is 45.4 Å². The van der Waals surface area contributed by atoms with E-state index in [1.807, 2.05) is 49.4 Å². The van der Waals surface area contributed by atoms with Crippen molar-refractivity contribution in [2.75, 3.05) is 29.2 Å². The monoisotopic (exact) mass is 1140 g/mol. The minimum Gasteiger partial charge on any atom is -0.394 e. The van der Waals surface area contributed by atoms with Gasteiger partial charge in [0, 0.05) is 112 Å². The Labute approximate surface area is 483 Å². The first kappa shape index (κ1) is 56.6. The second kappa shape index (κ2) is 26.7. The van der Waals surface area contributed by atoms with Gasteiger partial charge in [-0.3, -0.25) is 58.7 Å². The zero-order valence-electron chi connectivity index (χ0n) is 45.7. The maximum absolute atomic E-state index is 12.9. The van der Waals surface area contributed by atoms with Crippen LogP contribution in [0.3, 0.4) is 0 Å². The van der Waals surface area contributed by atoms with Crippen molar-refractivity contribution >= 4 is 34.8 Å². The number of aryl methyl sites for hydroxylation is 3. The van der Waals surface area contributed by atoms with E-state index in [9.17, 15) is 24.6 Å². The normalized spacial score (nSPS) is 10.8. The molecule has 0 saturated heterocycles. The number of pyridine rings is 4. The predicted octanol–water partition coefficient (Wildman–Crippen LogP) is 5.49. The Morgan fingerprint density at radius 3 is 1.59 bits per heavy atom. The number of aliphatic hydroxyl groups is 2. The Kier molecular flexibility index (Phi) is 17.8. The molecule has 0 fully saturated rings. The van der Waals surface area contributed by atoms with Crippen molar-refractivity contribution in [3.05, 3.63) is 211 Å². The van der Waals surface area contributed by atoms with Crippen molar-refractivity contribution in [3.63, 3.8) is 0 Å². The number of carbonyl (C=O) groups is 3. The summed E-state index contributed by atoms with van der Waals surface area (Å²) in [6, 6.07) is 26.3. The first-order valence-electron chi connectivity index (χ1n) is 26.1. The van der Waals surface area contributed by atoms with Gasteiger partial charge in [-0.25, -0.2) is 24.9 Å². The third kappa shape index (κ3) is 14.3. The van der Waals surface area contributed by atoms with Gasteiger partial charge in [-0.1, -0.05) is 24.3 Å². The number of H-pyrrole nitrogens is 3. The highest BCUT2D eigenvalue weighted by molar-refractivity contribution is 6.05. The van der Waals surface area contributed by atoms with Crippen LogP contribution in [-0.2, 0) is 26.9 Å². The molecule has 12 heterocycles. The Morgan fingerprint density at radius 1 is 0.529 bits per heavy atom. The van der Waals surface area contributed by atoms with E-state index >= 15 is 0 Å². The van der Waals surface area contributed by atoms with Crippen LogP contribution in [0.4, 0.5) is 17.1 Å². The Morgan fingerprint density at radius 2 is 1.08 bits per heavy atom. The Bertz CT molecular complexity index is 4140. The third-order valence-corrected chi connectivity index (χ3v) is 12.5. The number of aliphatic hydroxyl groups excluding tert-OH is 2. The molecule has 0 atom stereocenters. The molecule has 12 aromatic heterocycles. The van der Waals surface area contributed by atoms with E-state index in [0.717, 1.165) is 33.9 Å². The summed E-state index contributed by atoms with van der Waals surface area (Å²) in [4.78, 5) is 72.4. The minimum atomic E-state index is -0.638. The fourth-order valence-electron chi connectivity index (χ4n) is 8.32. The zero-order valence-corrected chi connectivity index (χ0v) is 45.7. The van der Waals surface area contributed by atoms with Crippen LogP contribution < -0.4 is 16.0 Å². The van der Waals surface area contributed by atoms with Crippen LogP contribution in [0.1, 0.15) is 66.1 Å². The van der Waals surface area contributed by atoms with Crippen molar-refractivity contribution in [1.82, 2.24) is 99.8 Å². The standard InChI is InChI=1S/C20H19N7O3.C19H18N8O.C18H16N8O/c28-11-14(12-29)27-10-18(19(26-27)16-4-1-2-7-21-16)25-20(30)17-6-3-5-15(24-17)13-8-22-23-9-13;1-12-13(10-22-25-12)9-14-6-8-21-18(23-14)19(28)24-16-11-27(2)26-17(16)15-5-3-4-7-20-15;1-26-11-15(16(25-26)14-4-2-3-7-19-14)23-18(27)17-20-8-5-12(22-17)10-13-6-9-21-24-13/h1-10,14,28-29H,11-12H2,(H,22,23)(H,25,30);3-8,10-11H,9H2,1-2H3,(H,22,25)(H,24,28);2-9,11H,10H2,1H3,(H,21,24)(H,23,27). The lowest BCUT2D eigenvalue weighted by molar-refractivity contribution is 0.100. The van der Waals surface area contributed by atoms with Gasteiger partial charge in [-0.15, -0.1) is 0 Å². The van der Waals surface area contributed by atoms with E-state index in [1.54, 1.807) is 146 Å². The van der Waals surface area contributed by atoms with Gasteiger partial charge in [0.05, 0.1) is 77.2 Å². The smallest absolute Gasteiger partial charge is 0.293 e. The molecule has 28 nitrogen and oxygen atoms in total. The van der Waals surface area contributed by atoms with Crippen molar-refractivity contribution in [1.29, 1.82) is 0 Å². The van der Waals surface area contributed by atoms with Crippen LogP contribution in [0.15, 0.2) is 165 Å². The van der Waals surface area contributed by atoms with Crippen molar-refractivity contribution in [2.45, 2.75) is 25.8 Å². The number of aromatic nitrogens is 20. The average molecular weight is 1140 g/mol. The number of aromatic amines is 3. The van der Waals surface area contributed by atoms with Gasteiger partial charge in [-0.2, -0.15) is 30.6 Å². The molecule has 85 heavy (non-hydrogen) atoms. The topological polar surface area (TPSA) is 370 Å². The molecule has 0 aromatic carbocycles. The van der Waals surface area contributed by atoms with Crippen molar-refractivity contribution < 1.29 is 24.6 Å². The molecule has 8 N–H and O–H groups in total. The molecule has 12 aromatic rings. The van der Waals surface area contributed by atoms with Crippen LogP contribution in [0, 0.1) is 6.92 Å². The molecule has 3 amide bonds. The van der Waals surface area contributed by atoms with Gasteiger partial charge < -0.3 is 26.2 Å². The molecular weight excluding hydrogens is 1090 g/mol. The maximum atomic E-state index is 12.9. The Hall–Kier alpha value is -11.7. The van der Waals surface area contributed by atoms with Gasteiger partial charge in [0.15, 0.2) is 0 Å². The molecular formula is C57H53N23O5. The van der Waals surface area contributed by atoms with E-state index in [2.05, 4.69) is 102 Å². The van der Waals surface area contributed by atoms with Gasteiger partial charge in [0.1, 0.15) is 22.8 Å². The second-order valence-corrected chi connectivity index (χ2v) is 18.6. The summed E-state index contributed by atoms with van der Waals surface area (Å²) in [6.07, 6.45) is 21.0. The van der Waals surface area contributed by atoms with Crippen LogP contribution >= 0.6 is 0 Å². The molecule has 0 unspecified atom stereocenters. The zero-order chi connectivity index (χ0) is 59.1. The Balaban J connectivity index is 0.000000142. The van der Waals surface area contributed by atoms with Gasteiger partial charge >= 0.3 is 0 Å². The van der Waals surface area contributed by atoms with Crippen LogP contribution in [-0.4, -0.2) is 141 Å². The number of rotatable bonds is 17. The summed E-state index contributed by atoms with van der Waals surface area (Å²) in [5.74, 6) is -1.07. The molecule has 0 aliphatic heterocycles. The predicted molar refractivity (Wildman–Crippen MR) is 309 cm³/mol. The number of carbonyl (C=O) groups excluding carboxylic acids is 3. The largest absolute Gasteiger partial charge is 0.394 e. The number of amides is 3. The van der Waals surface area contributed by atoms with Crippen molar-refractivity contribution in [2.24, 2.45) is 14.1 Å². The molecule has 0 aliphatic carbocycles. The third-order valence-electron chi connectivity index (χ3n) is 12.5. The summed E-state index contributed by atoms with van der Waals surface area (Å²) in [6.45, 7) is 1.34. The molecule has 0 saturated carbocycles. The lowest BCUT2D eigenvalue weighted by Crippen LogP contribution is -2.18. The minimum absolute atomic E-state index is 0.0860. The summed E-state index contributed by atoms with van der Waals surface area (Å²) in [5.41, 5.74) is 10.9. The summed E-state index contributed by atoms with van der Waals surface area (Å²) in [7, 11) is 3.57. The summed E-state index contributed by atoms with van der Waals surface area (Å²) < 4.78 is 4.66. The van der Waals surface area contributed by atoms with E-state index in [0.29, 0.717) is 69.8 Å². The molecule has 28 heteroatoms. The van der Waals surface area contributed by atoms with Gasteiger partial charge in [0.25, 0.3) is 17.7 Å². The fourth-order valence-corrected chi connectivity index (χ4v) is 8.32. The van der Waals surface area contributed by atoms with Crippen LogP contribution in [0.2, 0.25) is 0 Å².